The van der Waals surface area contributed by atoms with Crippen molar-refractivity contribution in [2.24, 2.45) is 5.73 Å². The molecule has 0 spiro atoms. The summed E-state index contributed by atoms with van der Waals surface area (Å²) in [5.41, 5.74) is 3.90. The van der Waals surface area contributed by atoms with E-state index in [1.165, 1.54) is 12.1 Å². The lowest BCUT2D eigenvalue weighted by Crippen LogP contribution is -2.29. The standard InChI is InChI=1S/C13H11F3N2O/c14-13(15,16)11-7-6-9(8-17)12(19)18(11)10-4-2-1-3-5-10/h1-7H,8,17H2. The Labute approximate surface area is 107 Å². The van der Waals surface area contributed by atoms with E-state index in [0.717, 1.165) is 12.1 Å². The second-order valence-corrected chi connectivity index (χ2v) is 3.92. The number of aromatic nitrogens is 1. The van der Waals surface area contributed by atoms with Gasteiger partial charge >= 0.3 is 6.18 Å². The normalized spacial score (nSPS) is 11.6. The van der Waals surface area contributed by atoms with Gasteiger partial charge in [-0.2, -0.15) is 13.2 Å². The number of para-hydroxylation sites is 1. The minimum atomic E-state index is -4.61. The molecule has 0 aliphatic carbocycles. The van der Waals surface area contributed by atoms with Gasteiger partial charge in [-0.3, -0.25) is 9.36 Å². The molecule has 0 saturated carbocycles. The summed E-state index contributed by atoms with van der Waals surface area (Å²) >= 11 is 0. The Balaban J connectivity index is 2.79. The van der Waals surface area contributed by atoms with Crippen molar-refractivity contribution < 1.29 is 13.2 Å². The second-order valence-electron chi connectivity index (χ2n) is 3.92. The Bertz CT molecular complexity index is 633. The Kier molecular flexibility index (Phi) is 3.44. The zero-order valence-electron chi connectivity index (χ0n) is 9.82. The van der Waals surface area contributed by atoms with Gasteiger partial charge in [0.05, 0.1) is 0 Å². The van der Waals surface area contributed by atoms with E-state index in [2.05, 4.69) is 0 Å². The topological polar surface area (TPSA) is 48.0 Å². The zero-order chi connectivity index (χ0) is 14.0. The van der Waals surface area contributed by atoms with Crippen molar-refractivity contribution in [3.63, 3.8) is 0 Å². The Morgan fingerprint density at radius 2 is 1.68 bits per heavy atom. The SMILES string of the molecule is NCc1ccc(C(F)(F)F)n(-c2ccccc2)c1=O. The maximum absolute atomic E-state index is 13.0. The third kappa shape index (κ3) is 2.53. The van der Waals surface area contributed by atoms with Gasteiger partial charge in [0.2, 0.25) is 0 Å². The molecule has 0 unspecified atom stereocenters. The fourth-order valence-electron chi connectivity index (χ4n) is 1.79. The molecule has 1 aromatic heterocycles. The molecule has 100 valence electrons. The first-order chi connectivity index (χ1) is 8.95. The molecule has 19 heavy (non-hydrogen) atoms. The van der Waals surface area contributed by atoms with Crippen LogP contribution >= 0.6 is 0 Å². The average molecular weight is 268 g/mol. The van der Waals surface area contributed by atoms with Crippen LogP contribution in [0.2, 0.25) is 0 Å². The summed E-state index contributed by atoms with van der Waals surface area (Å²) in [5.74, 6) is 0. The number of nitrogens with zero attached hydrogens (tertiary/aromatic N) is 1. The number of nitrogens with two attached hydrogens (primary N) is 1. The molecule has 0 fully saturated rings. The van der Waals surface area contributed by atoms with E-state index in [9.17, 15) is 18.0 Å². The van der Waals surface area contributed by atoms with Gasteiger partial charge in [-0.05, 0) is 18.2 Å². The van der Waals surface area contributed by atoms with E-state index in [0.29, 0.717) is 4.57 Å². The number of hydrogen-bond acceptors (Lipinski definition) is 2. The predicted molar refractivity (Wildman–Crippen MR) is 64.9 cm³/mol. The lowest BCUT2D eigenvalue weighted by atomic mass is 10.2. The van der Waals surface area contributed by atoms with Crippen LogP contribution in [0.4, 0.5) is 13.2 Å². The lowest BCUT2D eigenvalue weighted by molar-refractivity contribution is -0.142. The van der Waals surface area contributed by atoms with Crippen LogP contribution in [-0.4, -0.2) is 4.57 Å². The molecule has 0 atom stereocenters. The van der Waals surface area contributed by atoms with E-state index in [-0.39, 0.29) is 17.8 Å². The number of pyridine rings is 1. The van der Waals surface area contributed by atoms with E-state index >= 15 is 0 Å². The molecule has 0 aliphatic rings. The molecule has 0 aliphatic heterocycles. The highest BCUT2D eigenvalue weighted by molar-refractivity contribution is 5.36. The summed E-state index contributed by atoms with van der Waals surface area (Å²) in [5, 5.41) is 0. The highest BCUT2D eigenvalue weighted by atomic mass is 19.4. The van der Waals surface area contributed by atoms with Gasteiger partial charge in [0, 0.05) is 17.8 Å². The fraction of sp³-hybridized carbons (Fsp3) is 0.154. The molecule has 2 rings (SSSR count). The van der Waals surface area contributed by atoms with Gasteiger partial charge in [0.25, 0.3) is 5.56 Å². The van der Waals surface area contributed by atoms with E-state index in [1.54, 1.807) is 18.2 Å². The van der Waals surface area contributed by atoms with Crippen LogP contribution < -0.4 is 11.3 Å². The Hall–Kier alpha value is -2.08. The van der Waals surface area contributed by atoms with Crippen molar-refractivity contribution in [1.82, 2.24) is 4.57 Å². The van der Waals surface area contributed by atoms with Gasteiger partial charge in [0.1, 0.15) is 5.69 Å². The largest absolute Gasteiger partial charge is 0.431 e. The molecule has 1 aromatic carbocycles. The first-order valence-corrected chi connectivity index (χ1v) is 5.53. The smallest absolute Gasteiger partial charge is 0.326 e. The van der Waals surface area contributed by atoms with Crippen molar-refractivity contribution in [3.8, 4) is 5.69 Å². The van der Waals surface area contributed by atoms with Crippen molar-refractivity contribution in [3.05, 3.63) is 64.1 Å². The molecule has 0 saturated heterocycles. The molecule has 3 nitrogen and oxygen atoms in total. The molecule has 0 bridgehead atoms. The third-order valence-corrected chi connectivity index (χ3v) is 2.69. The highest BCUT2D eigenvalue weighted by Gasteiger charge is 2.35. The summed E-state index contributed by atoms with van der Waals surface area (Å²) in [4.78, 5) is 12.1. The molecule has 0 radical (unpaired) electrons. The summed E-state index contributed by atoms with van der Waals surface area (Å²) in [6.45, 7) is -0.107. The highest BCUT2D eigenvalue weighted by Crippen LogP contribution is 2.29. The molecule has 0 amide bonds. The molecular formula is C13H11F3N2O. The molecule has 1 heterocycles. The monoisotopic (exact) mass is 268 g/mol. The van der Waals surface area contributed by atoms with Crippen molar-refractivity contribution in [2.75, 3.05) is 0 Å². The minimum Gasteiger partial charge on any atom is -0.326 e. The molecular weight excluding hydrogens is 257 g/mol. The molecule has 2 N–H and O–H groups in total. The van der Waals surface area contributed by atoms with Gasteiger partial charge < -0.3 is 5.73 Å². The van der Waals surface area contributed by atoms with Crippen LogP contribution in [-0.2, 0) is 12.7 Å². The summed E-state index contributed by atoms with van der Waals surface area (Å²) < 4.78 is 39.5. The summed E-state index contributed by atoms with van der Waals surface area (Å²) in [6, 6.07) is 9.66. The second kappa shape index (κ2) is 4.89. The van der Waals surface area contributed by atoms with Crippen molar-refractivity contribution in [2.45, 2.75) is 12.7 Å². The van der Waals surface area contributed by atoms with Crippen molar-refractivity contribution >= 4 is 0 Å². The minimum absolute atomic E-state index is 0.107. The van der Waals surface area contributed by atoms with Gasteiger partial charge in [-0.25, -0.2) is 0 Å². The lowest BCUT2D eigenvalue weighted by Gasteiger charge is -2.16. The predicted octanol–water partition coefficient (Wildman–Crippen LogP) is 2.32. The number of halogens is 3. The van der Waals surface area contributed by atoms with Crippen LogP contribution in [0.25, 0.3) is 5.69 Å². The van der Waals surface area contributed by atoms with Gasteiger partial charge in [-0.1, -0.05) is 24.3 Å². The Morgan fingerprint density at radius 1 is 1.05 bits per heavy atom. The quantitative estimate of drug-likeness (QED) is 0.908. The maximum Gasteiger partial charge on any atom is 0.431 e. The van der Waals surface area contributed by atoms with Crippen LogP contribution in [0.1, 0.15) is 11.3 Å². The summed E-state index contributed by atoms with van der Waals surface area (Å²) in [7, 11) is 0. The first kappa shape index (κ1) is 13.4. The van der Waals surface area contributed by atoms with Crippen molar-refractivity contribution in [1.29, 1.82) is 0 Å². The van der Waals surface area contributed by atoms with Crippen LogP contribution in [0.3, 0.4) is 0 Å². The molecule has 6 heteroatoms. The first-order valence-electron chi connectivity index (χ1n) is 5.53. The fourth-order valence-corrected chi connectivity index (χ4v) is 1.79. The average Bonchev–Trinajstić information content (AvgIpc) is 2.38. The summed E-state index contributed by atoms with van der Waals surface area (Å²) in [6.07, 6.45) is -4.61. The van der Waals surface area contributed by atoms with Crippen LogP contribution in [0.15, 0.2) is 47.3 Å². The van der Waals surface area contributed by atoms with E-state index in [1.807, 2.05) is 0 Å². The van der Waals surface area contributed by atoms with Gasteiger partial charge in [0.15, 0.2) is 0 Å². The maximum atomic E-state index is 13.0. The molecule has 2 aromatic rings. The number of alkyl halides is 3. The number of benzene rings is 1. The van der Waals surface area contributed by atoms with Gasteiger partial charge in [-0.15, -0.1) is 0 Å². The van der Waals surface area contributed by atoms with Crippen LogP contribution in [0.5, 0.6) is 0 Å². The van der Waals surface area contributed by atoms with E-state index < -0.39 is 17.4 Å². The van der Waals surface area contributed by atoms with E-state index in [4.69, 9.17) is 5.73 Å². The zero-order valence-corrected chi connectivity index (χ0v) is 9.82. The third-order valence-electron chi connectivity index (χ3n) is 2.69. The Morgan fingerprint density at radius 3 is 2.21 bits per heavy atom. The van der Waals surface area contributed by atoms with Crippen LogP contribution in [0, 0.1) is 0 Å². The number of rotatable bonds is 2. The number of hydrogen-bond donors (Lipinski definition) is 1.